The van der Waals surface area contributed by atoms with E-state index in [0.717, 1.165) is 34.8 Å². The van der Waals surface area contributed by atoms with Crippen molar-refractivity contribution in [2.45, 2.75) is 46.1 Å². The average Bonchev–Trinajstić information content (AvgIpc) is 2.86. The van der Waals surface area contributed by atoms with Crippen molar-refractivity contribution >= 4 is 34.5 Å². The lowest BCUT2D eigenvalue weighted by atomic mass is 9.68. The molecule has 0 spiro atoms. The molecule has 5 nitrogen and oxygen atoms in total. The van der Waals surface area contributed by atoms with E-state index in [1.54, 1.807) is 0 Å². The molecule has 1 saturated carbocycles. The number of amides is 1. The van der Waals surface area contributed by atoms with Gasteiger partial charge in [0, 0.05) is 38.3 Å². The van der Waals surface area contributed by atoms with Crippen LogP contribution in [0, 0.1) is 11.3 Å². The van der Waals surface area contributed by atoms with Crippen molar-refractivity contribution in [1.82, 2.24) is 0 Å². The third-order valence-corrected chi connectivity index (χ3v) is 6.34. The predicted octanol–water partition coefficient (Wildman–Crippen LogP) is 5.33. The molecule has 2 aliphatic rings. The third kappa shape index (κ3) is 3.89. The fourth-order valence-electron chi connectivity index (χ4n) is 4.88. The molecule has 2 atom stereocenters. The van der Waals surface area contributed by atoms with Gasteiger partial charge in [-0.3, -0.25) is 14.6 Å². The molecule has 0 saturated heterocycles. The molecule has 162 valence electrons. The zero-order valence-electron chi connectivity index (χ0n) is 19.1. The van der Waals surface area contributed by atoms with Crippen LogP contribution in [0.4, 0.5) is 17.1 Å². The summed E-state index contributed by atoms with van der Waals surface area (Å²) in [5, 5.41) is 0. The molecule has 2 unspecified atom stereocenters. The number of para-hydroxylation sites is 2. The Morgan fingerprint density at radius 2 is 1.77 bits per heavy atom. The summed E-state index contributed by atoms with van der Waals surface area (Å²) in [5.41, 5.74) is 4.35. The van der Waals surface area contributed by atoms with Gasteiger partial charge < -0.3 is 9.80 Å². The van der Waals surface area contributed by atoms with E-state index in [9.17, 15) is 9.59 Å². The van der Waals surface area contributed by atoms with Crippen molar-refractivity contribution in [3.8, 4) is 0 Å². The molecule has 1 fully saturated rings. The Kier molecular flexibility index (Phi) is 5.46. The Morgan fingerprint density at radius 1 is 1.10 bits per heavy atom. The summed E-state index contributed by atoms with van der Waals surface area (Å²) in [5.74, 6) is -0.261. The Hall–Kier alpha value is -2.95. The second-order valence-corrected chi connectivity index (χ2v) is 9.60. The molecule has 0 aromatic heterocycles. The number of nitrogens with zero attached hydrogens (tertiary/aromatic N) is 3. The molecule has 1 amide bonds. The van der Waals surface area contributed by atoms with Crippen LogP contribution in [0.15, 0.2) is 53.5 Å². The van der Waals surface area contributed by atoms with Gasteiger partial charge in [-0.15, -0.1) is 0 Å². The molecular formula is C26H31N3O2. The number of carbonyl (C=O) groups is 2. The lowest BCUT2D eigenvalue weighted by Crippen LogP contribution is -2.47. The van der Waals surface area contributed by atoms with Crippen LogP contribution in [0.3, 0.4) is 0 Å². The number of aliphatic imine (C=N–C) groups is 1. The van der Waals surface area contributed by atoms with E-state index in [0.29, 0.717) is 12.8 Å². The molecule has 1 heterocycles. The second-order valence-electron chi connectivity index (χ2n) is 9.60. The van der Waals surface area contributed by atoms with Crippen LogP contribution in [-0.2, 0) is 9.59 Å². The zero-order chi connectivity index (χ0) is 22.3. The number of anilines is 2. The Morgan fingerprint density at radius 3 is 2.42 bits per heavy atom. The highest BCUT2D eigenvalue weighted by Crippen LogP contribution is 2.48. The molecule has 1 aliphatic carbocycles. The standard InChI is InChI=1S/C26H31N3O2/c1-6-23(31)29-21-10-8-7-9-19(21)27-20-15-26(2,3)16-22(30)24(20)25(29)17-11-13-18(14-12-17)28(4)5/h7-14,24-25H,6,15-16H2,1-5H3. The first-order chi connectivity index (χ1) is 14.7. The number of ketones is 1. The van der Waals surface area contributed by atoms with Crippen molar-refractivity contribution in [1.29, 1.82) is 0 Å². The van der Waals surface area contributed by atoms with Gasteiger partial charge in [0.25, 0.3) is 0 Å². The first kappa shape index (κ1) is 21.3. The van der Waals surface area contributed by atoms with Gasteiger partial charge in [-0.25, -0.2) is 0 Å². The zero-order valence-corrected chi connectivity index (χ0v) is 19.1. The summed E-state index contributed by atoms with van der Waals surface area (Å²) in [4.78, 5) is 35.7. The van der Waals surface area contributed by atoms with E-state index < -0.39 is 12.0 Å². The maximum absolute atomic E-state index is 13.5. The van der Waals surface area contributed by atoms with E-state index in [2.05, 4.69) is 38.1 Å². The topological polar surface area (TPSA) is 53.0 Å². The first-order valence-electron chi connectivity index (χ1n) is 11.0. The van der Waals surface area contributed by atoms with E-state index in [-0.39, 0.29) is 17.1 Å². The van der Waals surface area contributed by atoms with Gasteiger partial charge in [0.05, 0.1) is 23.3 Å². The van der Waals surface area contributed by atoms with Gasteiger partial charge in [0.2, 0.25) is 5.91 Å². The summed E-state index contributed by atoms with van der Waals surface area (Å²) >= 11 is 0. The van der Waals surface area contributed by atoms with E-state index in [1.807, 2.05) is 55.1 Å². The van der Waals surface area contributed by atoms with E-state index in [4.69, 9.17) is 4.99 Å². The Labute approximate surface area is 184 Å². The fraction of sp³-hybridized carbons (Fsp3) is 0.423. The van der Waals surface area contributed by atoms with Gasteiger partial charge in [-0.05, 0) is 41.7 Å². The number of carbonyl (C=O) groups excluding carboxylic acids is 2. The first-order valence-corrected chi connectivity index (χ1v) is 11.0. The number of benzene rings is 2. The minimum atomic E-state index is -0.430. The van der Waals surface area contributed by atoms with Crippen LogP contribution in [0.5, 0.6) is 0 Å². The monoisotopic (exact) mass is 417 g/mol. The molecule has 4 rings (SSSR count). The highest BCUT2D eigenvalue weighted by atomic mass is 16.2. The molecule has 5 heteroatoms. The number of hydrogen-bond acceptors (Lipinski definition) is 4. The average molecular weight is 418 g/mol. The van der Waals surface area contributed by atoms with Crippen molar-refractivity contribution in [3.63, 3.8) is 0 Å². The second kappa shape index (κ2) is 7.95. The van der Waals surface area contributed by atoms with Crippen molar-refractivity contribution < 1.29 is 9.59 Å². The molecule has 0 radical (unpaired) electrons. The van der Waals surface area contributed by atoms with Crippen molar-refractivity contribution in [3.05, 3.63) is 54.1 Å². The van der Waals surface area contributed by atoms with Crippen LogP contribution < -0.4 is 9.80 Å². The normalized spacial score (nSPS) is 22.2. The van der Waals surface area contributed by atoms with Crippen LogP contribution in [0.1, 0.15) is 51.6 Å². The summed E-state index contributed by atoms with van der Waals surface area (Å²) < 4.78 is 0. The molecule has 2 aromatic rings. The maximum atomic E-state index is 13.5. The van der Waals surface area contributed by atoms with Gasteiger partial charge in [0.1, 0.15) is 5.78 Å². The van der Waals surface area contributed by atoms with Crippen LogP contribution >= 0.6 is 0 Å². The maximum Gasteiger partial charge on any atom is 0.227 e. The SMILES string of the molecule is CCC(=O)N1c2ccccc2N=C2CC(C)(C)CC(=O)C2C1c1ccc(N(C)C)cc1. The lowest BCUT2D eigenvalue weighted by molar-refractivity contribution is -0.125. The highest BCUT2D eigenvalue weighted by Gasteiger charge is 2.47. The number of Topliss-reactive ketones (excluding diaryl/α,β-unsaturated/α-hetero) is 1. The van der Waals surface area contributed by atoms with Crippen molar-refractivity contribution in [2.24, 2.45) is 16.3 Å². The van der Waals surface area contributed by atoms with E-state index in [1.165, 1.54) is 0 Å². The highest BCUT2D eigenvalue weighted by molar-refractivity contribution is 6.13. The summed E-state index contributed by atoms with van der Waals surface area (Å²) in [6.07, 6.45) is 1.61. The molecule has 0 N–H and O–H groups in total. The van der Waals surface area contributed by atoms with Gasteiger partial charge in [-0.1, -0.05) is 45.0 Å². The molecule has 2 aromatic carbocycles. The summed E-state index contributed by atoms with van der Waals surface area (Å²) in [6.45, 7) is 6.11. The molecule has 31 heavy (non-hydrogen) atoms. The number of hydrogen-bond donors (Lipinski definition) is 0. The molecule has 1 aliphatic heterocycles. The largest absolute Gasteiger partial charge is 0.378 e. The van der Waals surface area contributed by atoms with Crippen LogP contribution in [0.2, 0.25) is 0 Å². The fourth-order valence-corrected chi connectivity index (χ4v) is 4.88. The summed E-state index contributed by atoms with van der Waals surface area (Å²) in [6, 6.07) is 15.6. The smallest absolute Gasteiger partial charge is 0.227 e. The van der Waals surface area contributed by atoms with Crippen LogP contribution in [-0.4, -0.2) is 31.5 Å². The van der Waals surface area contributed by atoms with Gasteiger partial charge >= 0.3 is 0 Å². The third-order valence-electron chi connectivity index (χ3n) is 6.34. The van der Waals surface area contributed by atoms with Crippen LogP contribution in [0.25, 0.3) is 0 Å². The van der Waals surface area contributed by atoms with Gasteiger partial charge in [-0.2, -0.15) is 0 Å². The molecule has 0 bridgehead atoms. The van der Waals surface area contributed by atoms with Crippen molar-refractivity contribution in [2.75, 3.05) is 23.9 Å². The van der Waals surface area contributed by atoms with Gasteiger partial charge in [0.15, 0.2) is 0 Å². The minimum Gasteiger partial charge on any atom is -0.378 e. The Balaban J connectivity index is 1.94. The number of rotatable bonds is 3. The summed E-state index contributed by atoms with van der Waals surface area (Å²) in [7, 11) is 4.00. The quantitative estimate of drug-likeness (QED) is 0.678. The van der Waals surface area contributed by atoms with E-state index >= 15 is 0 Å². The molecular weight excluding hydrogens is 386 g/mol. The predicted molar refractivity (Wildman–Crippen MR) is 126 cm³/mol. The minimum absolute atomic E-state index is 0.00298. The number of fused-ring (bicyclic) bond motifs is 2. The lowest BCUT2D eigenvalue weighted by Gasteiger charge is -2.41. The Bertz CT molecular complexity index is 1040.